The van der Waals surface area contributed by atoms with Crippen LogP contribution in [0.25, 0.3) is 0 Å². The Labute approximate surface area is 97.7 Å². The SMILES string of the molecule is CC1CCC(CNC2CCCCC2Cl)O1. The number of rotatable bonds is 3. The zero-order valence-corrected chi connectivity index (χ0v) is 10.3. The minimum atomic E-state index is 0.331. The lowest BCUT2D eigenvalue weighted by atomic mass is 9.95. The summed E-state index contributed by atoms with van der Waals surface area (Å²) in [6.07, 6.45) is 8.31. The van der Waals surface area contributed by atoms with Gasteiger partial charge >= 0.3 is 0 Å². The molecule has 88 valence electrons. The van der Waals surface area contributed by atoms with Crippen molar-refractivity contribution in [3.05, 3.63) is 0 Å². The van der Waals surface area contributed by atoms with Gasteiger partial charge in [0.2, 0.25) is 0 Å². The molecule has 2 nitrogen and oxygen atoms in total. The van der Waals surface area contributed by atoms with Crippen LogP contribution >= 0.6 is 11.6 Å². The summed E-state index contributed by atoms with van der Waals surface area (Å²) in [6.45, 7) is 3.14. The molecule has 2 rings (SSSR count). The van der Waals surface area contributed by atoms with Crippen molar-refractivity contribution in [2.24, 2.45) is 0 Å². The molecule has 1 N–H and O–H groups in total. The highest BCUT2D eigenvalue weighted by atomic mass is 35.5. The second-order valence-corrected chi connectivity index (χ2v) is 5.52. The number of hydrogen-bond donors (Lipinski definition) is 1. The zero-order chi connectivity index (χ0) is 10.7. The molecule has 0 aromatic rings. The third-order valence-corrected chi connectivity index (χ3v) is 4.13. The fourth-order valence-corrected chi connectivity index (χ4v) is 3.00. The molecule has 1 aliphatic heterocycles. The first-order valence-electron chi connectivity index (χ1n) is 6.28. The largest absolute Gasteiger partial charge is 0.374 e. The molecule has 2 aliphatic rings. The first-order valence-corrected chi connectivity index (χ1v) is 6.72. The van der Waals surface area contributed by atoms with E-state index in [9.17, 15) is 0 Å². The number of nitrogens with one attached hydrogen (secondary N) is 1. The number of ether oxygens (including phenoxy) is 1. The fourth-order valence-electron chi connectivity index (χ4n) is 2.63. The second kappa shape index (κ2) is 5.51. The summed E-state index contributed by atoms with van der Waals surface area (Å²) in [7, 11) is 0. The molecule has 4 unspecified atom stereocenters. The van der Waals surface area contributed by atoms with Crippen LogP contribution in [-0.2, 0) is 4.74 Å². The molecule has 0 radical (unpaired) electrons. The predicted octanol–water partition coefficient (Wildman–Crippen LogP) is 2.69. The van der Waals surface area contributed by atoms with Gasteiger partial charge in [0.15, 0.2) is 0 Å². The predicted molar refractivity (Wildman–Crippen MR) is 63.5 cm³/mol. The number of alkyl halides is 1. The number of hydrogen-bond acceptors (Lipinski definition) is 2. The van der Waals surface area contributed by atoms with Crippen molar-refractivity contribution in [1.29, 1.82) is 0 Å². The van der Waals surface area contributed by atoms with E-state index >= 15 is 0 Å². The molecule has 3 heteroatoms. The molecule has 2 fully saturated rings. The Balaban J connectivity index is 1.68. The Morgan fingerprint density at radius 1 is 1.20 bits per heavy atom. The Hall–Kier alpha value is 0.210. The molecule has 1 saturated carbocycles. The quantitative estimate of drug-likeness (QED) is 0.755. The van der Waals surface area contributed by atoms with Gasteiger partial charge in [-0.1, -0.05) is 12.8 Å². The Morgan fingerprint density at radius 3 is 2.67 bits per heavy atom. The normalized spacial score (nSPS) is 42.0. The van der Waals surface area contributed by atoms with Gasteiger partial charge in [-0.25, -0.2) is 0 Å². The highest BCUT2D eigenvalue weighted by molar-refractivity contribution is 6.21. The smallest absolute Gasteiger partial charge is 0.0704 e. The maximum absolute atomic E-state index is 6.29. The lowest BCUT2D eigenvalue weighted by Crippen LogP contribution is -2.42. The van der Waals surface area contributed by atoms with Crippen molar-refractivity contribution in [3.63, 3.8) is 0 Å². The van der Waals surface area contributed by atoms with E-state index in [2.05, 4.69) is 12.2 Å². The lowest BCUT2D eigenvalue weighted by Gasteiger charge is -2.29. The van der Waals surface area contributed by atoms with E-state index in [0.29, 0.717) is 23.6 Å². The Kier molecular flexibility index (Phi) is 4.30. The van der Waals surface area contributed by atoms with Crippen LogP contribution in [0, 0.1) is 0 Å². The molecule has 1 heterocycles. The van der Waals surface area contributed by atoms with Crippen molar-refractivity contribution in [2.45, 2.75) is 69.1 Å². The van der Waals surface area contributed by atoms with Gasteiger partial charge in [-0.05, 0) is 32.6 Å². The third kappa shape index (κ3) is 3.33. The third-order valence-electron chi connectivity index (χ3n) is 3.61. The van der Waals surface area contributed by atoms with E-state index in [4.69, 9.17) is 16.3 Å². The standard InChI is InChI=1S/C12H22ClNO/c1-9-6-7-10(15-9)8-14-12-5-3-2-4-11(12)13/h9-12,14H,2-8H2,1H3. The van der Waals surface area contributed by atoms with E-state index in [0.717, 1.165) is 6.54 Å². The molecule has 1 aliphatic carbocycles. The van der Waals surface area contributed by atoms with E-state index in [1.165, 1.54) is 38.5 Å². The van der Waals surface area contributed by atoms with Gasteiger partial charge in [0, 0.05) is 18.0 Å². The fraction of sp³-hybridized carbons (Fsp3) is 1.00. The monoisotopic (exact) mass is 231 g/mol. The molecule has 0 aromatic heterocycles. The first kappa shape index (κ1) is 11.7. The Morgan fingerprint density at radius 2 is 2.00 bits per heavy atom. The van der Waals surface area contributed by atoms with E-state index in [1.54, 1.807) is 0 Å². The van der Waals surface area contributed by atoms with E-state index in [-0.39, 0.29) is 0 Å². The van der Waals surface area contributed by atoms with Crippen LogP contribution in [0.15, 0.2) is 0 Å². The second-order valence-electron chi connectivity index (χ2n) is 4.96. The minimum absolute atomic E-state index is 0.331. The molecule has 0 amide bonds. The van der Waals surface area contributed by atoms with E-state index in [1.807, 2.05) is 0 Å². The Bertz CT molecular complexity index is 200. The summed E-state index contributed by atoms with van der Waals surface area (Å²) >= 11 is 6.29. The van der Waals surface area contributed by atoms with Crippen LogP contribution in [-0.4, -0.2) is 30.2 Å². The van der Waals surface area contributed by atoms with Crippen molar-refractivity contribution in [3.8, 4) is 0 Å². The van der Waals surface area contributed by atoms with Crippen molar-refractivity contribution in [1.82, 2.24) is 5.32 Å². The van der Waals surface area contributed by atoms with Gasteiger partial charge in [0.05, 0.1) is 12.2 Å². The minimum Gasteiger partial charge on any atom is -0.374 e. The van der Waals surface area contributed by atoms with Gasteiger partial charge in [-0.15, -0.1) is 11.6 Å². The highest BCUT2D eigenvalue weighted by Gasteiger charge is 2.26. The maximum Gasteiger partial charge on any atom is 0.0704 e. The van der Waals surface area contributed by atoms with Gasteiger partial charge in [-0.2, -0.15) is 0 Å². The van der Waals surface area contributed by atoms with Crippen LogP contribution in [0.4, 0.5) is 0 Å². The summed E-state index contributed by atoms with van der Waals surface area (Å²) in [5, 5.41) is 3.91. The zero-order valence-electron chi connectivity index (χ0n) is 9.55. The summed E-state index contributed by atoms with van der Waals surface area (Å²) in [5.74, 6) is 0. The lowest BCUT2D eigenvalue weighted by molar-refractivity contribution is 0.0536. The summed E-state index contributed by atoms with van der Waals surface area (Å²) < 4.78 is 5.78. The molecule has 0 aromatic carbocycles. The molecule has 15 heavy (non-hydrogen) atoms. The molecule has 0 spiro atoms. The molecular formula is C12H22ClNO. The van der Waals surface area contributed by atoms with Crippen LogP contribution in [0.1, 0.15) is 45.4 Å². The van der Waals surface area contributed by atoms with E-state index < -0.39 is 0 Å². The molecule has 0 bridgehead atoms. The van der Waals surface area contributed by atoms with Gasteiger partial charge in [0.1, 0.15) is 0 Å². The van der Waals surface area contributed by atoms with Crippen molar-refractivity contribution < 1.29 is 4.74 Å². The van der Waals surface area contributed by atoms with Crippen LogP contribution in [0.2, 0.25) is 0 Å². The summed E-state index contributed by atoms with van der Waals surface area (Å²) in [5.41, 5.74) is 0. The van der Waals surface area contributed by atoms with Gasteiger partial charge < -0.3 is 10.1 Å². The first-order chi connectivity index (χ1) is 7.25. The average Bonchev–Trinajstić information content (AvgIpc) is 2.63. The summed E-state index contributed by atoms with van der Waals surface area (Å²) in [6, 6.07) is 0.514. The molecule has 1 saturated heterocycles. The molecular weight excluding hydrogens is 210 g/mol. The average molecular weight is 232 g/mol. The number of halogens is 1. The van der Waals surface area contributed by atoms with Crippen LogP contribution < -0.4 is 5.32 Å². The van der Waals surface area contributed by atoms with Gasteiger partial charge in [-0.3, -0.25) is 0 Å². The van der Waals surface area contributed by atoms with Crippen molar-refractivity contribution >= 4 is 11.6 Å². The topological polar surface area (TPSA) is 21.3 Å². The van der Waals surface area contributed by atoms with Gasteiger partial charge in [0.25, 0.3) is 0 Å². The van der Waals surface area contributed by atoms with Crippen LogP contribution in [0.3, 0.4) is 0 Å². The maximum atomic E-state index is 6.29. The van der Waals surface area contributed by atoms with Crippen LogP contribution in [0.5, 0.6) is 0 Å². The highest BCUT2D eigenvalue weighted by Crippen LogP contribution is 2.24. The molecule has 4 atom stereocenters. The summed E-state index contributed by atoms with van der Waals surface area (Å²) in [4.78, 5) is 0. The van der Waals surface area contributed by atoms with Crippen molar-refractivity contribution in [2.75, 3.05) is 6.54 Å².